The Hall–Kier alpha value is -1.38. The van der Waals surface area contributed by atoms with Crippen LogP contribution in [-0.2, 0) is 19.9 Å². The molecule has 0 N–H and O–H groups in total. The predicted octanol–water partition coefficient (Wildman–Crippen LogP) is 1.77. The van der Waals surface area contributed by atoms with Crippen molar-refractivity contribution in [3.63, 3.8) is 0 Å². The number of fused-ring (bicyclic) bond motifs is 3. The molecule has 0 saturated carbocycles. The van der Waals surface area contributed by atoms with Crippen LogP contribution in [0.3, 0.4) is 0 Å². The molecule has 1 aliphatic rings. The van der Waals surface area contributed by atoms with Gasteiger partial charge >= 0.3 is 0 Å². The first kappa shape index (κ1) is 7.97. The largest absolute Gasteiger partial charge is 0.250 e. The van der Waals surface area contributed by atoms with Crippen molar-refractivity contribution in [1.29, 1.82) is 0 Å². The van der Waals surface area contributed by atoms with E-state index in [0.29, 0.717) is 0 Å². The number of aromatic nitrogens is 3. The lowest BCUT2D eigenvalue weighted by Crippen LogP contribution is -1.93. The van der Waals surface area contributed by atoms with E-state index >= 15 is 0 Å². The van der Waals surface area contributed by atoms with Gasteiger partial charge in [0.05, 0.1) is 5.69 Å². The number of hydrogen-bond donors (Lipinski definition) is 0. The fraction of sp³-hybridized carbons (Fsp3) is 0.455. The van der Waals surface area contributed by atoms with Crippen LogP contribution in [0.2, 0.25) is 0 Å². The highest BCUT2D eigenvalue weighted by atomic mass is 15.3. The van der Waals surface area contributed by atoms with Gasteiger partial charge in [-0.25, -0.2) is 4.98 Å². The highest BCUT2D eigenvalue weighted by Crippen LogP contribution is 2.29. The summed E-state index contributed by atoms with van der Waals surface area (Å²) in [4.78, 5) is 4.47. The summed E-state index contributed by atoms with van der Waals surface area (Å²) >= 11 is 0. The molecule has 14 heavy (non-hydrogen) atoms. The molecule has 0 fully saturated rings. The molecule has 0 radical (unpaired) electrons. The maximum absolute atomic E-state index is 4.47. The SMILES string of the molecule is Cc1nn(C)c2ncc3c(c12)CCC3. The van der Waals surface area contributed by atoms with Crippen molar-refractivity contribution in [3.05, 3.63) is 23.0 Å². The van der Waals surface area contributed by atoms with E-state index in [-0.39, 0.29) is 0 Å². The van der Waals surface area contributed by atoms with Gasteiger partial charge in [-0.1, -0.05) is 0 Å². The Labute approximate surface area is 82.8 Å². The van der Waals surface area contributed by atoms with Crippen LogP contribution in [0, 0.1) is 6.92 Å². The quantitative estimate of drug-likeness (QED) is 0.629. The van der Waals surface area contributed by atoms with Gasteiger partial charge in [0.2, 0.25) is 0 Å². The van der Waals surface area contributed by atoms with Gasteiger partial charge in [0.15, 0.2) is 5.65 Å². The molecule has 0 saturated heterocycles. The van der Waals surface area contributed by atoms with Gasteiger partial charge < -0.3 is 0 Å². The van der Waals surface area contributed by atoms with Crippen molar-refractivity contribution in [2.24, 2.45) is 7.05 Å². The van der Waals surface area contributed by atoms with Crippen molar-refractivity contribution < 1.29 is 0 Å². The van der Waals surface area contributed by atoms with Crippen molar-refractivity contribution in [3.8, 4) is 0 Å². The molecule has 3 nitrogen and oxygen atoms in total. The Morgan fingerprint density at radius 2 is 2.21 bits per heavy atom. The first-order valence-electron chi connectivity index (χ1n) is 5.07. The molecule has 0 aliphatic heterocycles. The summed E-state index contributed by atoms with van der Waals surface area (Å²) in [6, 6.07) is 0. The lowest BCUT2D eigenvalue weighted by Gasteiger charge is -2.00. The number of nitrogens with zero attached hydrogens (tertiary/aromatic N) is 3. The summed E-state index contributed by atoms with van der Waals surface area (Å²) in [6.45, 7) is 2.07. The average Bonchev–Trinajstić information content (AvgIpc) is 2.71. The third-order valence-electron chi connectivity index (χ3n) is 3.10. The van der Waals surface area contributed by atoms with Crippen LogP contribution in [0.15, 0.2) is 6.20 Å². The average molecular weight is 187 g/mol. The first-order valence-corrected chi connectivity index (χ1v) is 5.07. The van der Waals surface area contributed by atoms with Crippen molar-refractivity contribution in [2.75, 3.05) is 0 Å². The number of pyridine rings is 1. The second-order valence-corrected chi connectivity index (χ2v) is 4.02. The molecule has 0 unspecified atom stereocenters. The zero-order chi connectivity index (χ0) is 9.71. The van der Waals surface area contributed by atoms with Crippen LogP contribution in [0.4, 0.5) is 0 Å². The topological polar surface area (TPSA) is 30.7 Å². The molecule has 0 amide bonds. The second kappa shape index (κ2) is 2.56. The number of aryl methyl sites for hydroxylation is 4. The molecule has 0 bridgehead atoms. The summed E-state index contributed by atoms with van der Waals surface area (Å²) in [6.07, 6.45) is 5.67. The standard InChI is InChI=1S/C11H13N3/c1-7-10-9-5-3-4-8(9)6-12-11(10)14(2)13-7/h6H,3-5H2,1-2H3. The molecule has 72 valence electrons. The molecule has 0 atom stereocenters. The summed E-state index contributed by atoms with van der Waals surface area (Å²) in [5, 5.41) is 5.72. The molecule has 2 aromatic heterocycles. The molecule has 2 heterocycles. The van der Waals surface area contributed by atoms with Crippen LogP contribution in [0.1, 0.15) is 23.2 Å². The Morgan fingerprint density at radius 3 is 3.07 bits per heavy atom. The molecule has 1 aliphatic carbocycles. The Morgan fingerprint density at radius 1 is 1.36 bits per heavy atom. The van der Waals surface area contributed by atoms with Crippen molar-refractivity contribution >= 4 is 11.0 Å². The van der Waals surface area contributed by atoms with Gasteiger partial charge in [-0.3, -0.25) is 4.68 Å². The minimum Gasteiger partial charge on any atom is -0.250 e. The minimum absolute atomic E-state index is 1.03. The van der Waals surface area contributed by atoms with Crippen LogP contribution in [0.25, 0.3) is 11.0 Å². The molecular formula is C11H13N3. The van der Waals surface area contributed by atoms with E-state index < -0.39 is 0 Å². The Balaban J connectivity index is 2.48. The number of rotatable bonds is 0. The molecule has 3 heteroatoms. The lowest BCUT2D eigenvalue weighted by atomic mass is 10.1. The fourth-order valence-corrected chi connectivity index (χ4v) is 2.48. The van der Waals surface area contributed by atoms with Crippen molar-refractivity contribution in [1.82, 2.24) is 14.8 Å². The van der Waals surface area contributed by atoms with Gasteiger partial charge in [-0.2, -0.15) is 5.10 Å². The maximum Gasteiger partial charge on any atom is 0.158 e. The van der Waals surface area contributed by atoms with E-state index in [1.807, 2.05) is 17.9 Å². The van der Waals surface area contributed by atoms with Gasteiger partial charge in [0.25, 0.3) is 0 Å². The third-order valence-corrected chi connectivity index (χ3v) is 3.10. The zero-order valence-electron chi connectivity index (χ0n) is 8.54. The van der Waals surface area contributed by atoms with Crippen LogP contribution in [0.5, 0.6) is 0 Å². The molecule has 2 aromatic rings. The minimum atomic E-state index is 1.03. The summed E-state index contributed by atoms with van der Waals surface area (Å²) in [5.41, 5.74) is 5.06. The summed E-state index contributed by atoms with van der Waals surface area (Å²) in [5.74, 6) is 0. The van der Waals surface area contributed by atoms with E-state index in [9.17, 15) is 0 Å². The Bertz CT molecular complexity index is 511. The highest BCUT2D eigenvalue weighted by Gasteiger charge is 2.18. The Kier molecular flexibility index (Phi) is 1.46. The van der Waals surface area contributed by atoms with Crippen LogP contribution < -0.4 is 0 Å². The van der Waals surface area contributed by atoms with E-state index in [1.54, 1.807) is 0 Å². The van der Waals surface area contributed by atoms with E-state index in [0.717, 1.165) is 11.3 Å². The molecular weight excluding hydrogens is 174 g/mol. The fourth-order valence-electron chi connectivity index (χ4n) is 2.48. The summed E-state index contributed by atoms with van der Waals surface area (Å²) in [7, 11) is 1.96. The van der Waals surface area contributed by atoms with Gasteiger partial charge in [-0.05, 0) is 37.3 Å². The van der Waals surface area contributed by atoms with Gasteiger partial charge in [0.1, 0.15) is 0 Å². The second-order valence-electron chi connectivity index (χ2n) is 4.02. The lowest BCUT2D eigenvalue weighted by molar-refractivity contribution is 0.773. The molecule has 0 spiro atoms. The zero-order valence-corrected chi connectivity index (χ0v) is 8.54. The van der Waals surface area contributed by atoms with Crippen LogP contribution in [-0.4, -0.2) is 14.8 Å². The predicted molar refractivity (Wildman–Crippen MR) is 55.3 cm³/mol. The monoisotopic (exact) mass is 187 g/mol. The molecule has 3 rings (SSSR count). The van der Waals surface area contributed by atoms with Gasteiger partial charge in [0, 0.05) is 18.6 Å². The van der Waals surface area contributed by atoms with E-state index in [2.05, 4.69) is 17.0 Å². The van der Waals surface area contributed by atoms with Crippen LogP contribution >= 0.6 is 0 Å². The van der Waals surface area contributed by atoms with Crippen molar-refractivity contribution in [2.45, 2.75) is 26.2 Å². The first-order chi connectivity index (χ1) is 6.77. The maximum atomic E-state index is 4.47. The molecule has 0 aromatic carbocycles. The van der Waals surface area contributed by atoms with E-state index in [1.165, 1.54) is 35.8 Å². The number of hydrogen-bond acceptors (Lipinski definition) is 2. The van der Waals surface area contributed by atoms with E-state index in [4.69, 9.17) is 0 Å². The van der Waals surface area contributed by atoms with Gasteiger partial charge in [-0.15, -0.1) is 0 Å². The smallest absolute Gasteiger partial charge is 0.158 e. The highest BCUT2D eigenvalue weighted by molar-refractivity contribution is 5.83. The summed E-state index contributed by atoms with van der Waals surface area (Å²) < 4.78 is 1.88. The normalized spacial score (nSPS) is 15.0. The third kappa shape index (κ3) is 0.870.